The van der Waals surface area contributed by atoms with Crippen molar-refractivity contribution < 1.29 is 14.3 Å². The van der Waals surface area contributed by atoms with Crippen molar-refractivity contribution in [2.75, 3.05) is 20.7 Å². The van der Waals surface area contributed by atoms with Crippen LogP contribution >= 0.6 is 0 Å². The summed E-state index contributed by atoms with van der Waals surface area (Å²) >= 11 is 0. The third kappa shape index (κ3) is 6.04. The highest BCUT2D eigenvalue weighted by molar-refractivity contribution is 5.86. The Kier molecular flexibility index (Phi) is 5.80. The van der Waals surface area contributed by atoms with Gasteiger partial charge in [0.25, 0.3) is 0 Å². The van der Waals surface area contributed by atoms with Crippen molar-refractivity contribution in [3.05, 3.63) is 12.2 Å². The first-order valence-corrected chi connectivity index (χ1v) is 4.03. The fourth-order valence-corrected chi connectivity index (χ4v) is 0.518. The van der Waals surface area contributed by atoms with Gasteiger partial charge in [0.1, 0.15) is 12.9 Å². The predicted molar refractivity (Wildman–Crippen MR) is 49.3 cm³/mol. The normalized spacial score (nSPS) is 13.2. The fraction of sp³-hybridized carbons (Fsp3) is 0.556. The third-order valence-corrected chi connectivity index (χ3v) is 1.66. The van der Waals surface area contributed by atoms with Gasteiger partial charge in [-0.05, 0) is 27.1 Å². The topological polar surface area (TPSA) is 46.6 Å². The lowest BCUT2D eigenvalue weighted by Gasteiger charge is -2.18. The van der Waals surface area contributed by atoms with Crippen molar-refractivity contribution >= 4 is 12.3 Å². The lowest BCUT2D eigenvalue weighted by atomic mass is 10.3. The maximum atomic E-state index is 10.8. The van der Waals surface area contributed by atoms with Crippen LogP contribution in [0.5, 0.6) is 0 Å². The number of ether oxygens (including phenoxy) is 1. The average Bonchev–Trinajstić information content (AvgIpc) is 2.10. The van der Waals surface area contributed by atoms with Gasteiger partial charge in [-0.25, -0.2) is 4.79 Å². The number of rotatable bonds is 5. The number of allylic oxidation sites excluding steroid dienone is 1. The molecule has 0 aliphatic heterocycles. The van der Waals surface area contributed by atoms with Crippen LogP contribution in [0.15, 0.2) is 12.2 Å². The molecule has 0 aliphatic rings. The van der Waals surface area contributed by atoms with Crippen LogP contribution in [-0.4, -0.2) is 43.9 Å². The van der Waals surface area contributed by atoms with E-state index in [1.54, 1.807) is 0 Å². The zero-order valence-electron chi connectivity index (χ0n) is 8.19. The molecule has 0 radical (unpaired) electrons. The van der Waals surface area contributed by atoms with E-state index in [0.717, 1.165) is 12.2 Å². The monoisotopic (exact) mass is 185 g/mol. The van der Waals surface area contributed by atoms with E-state index in [2.05, 4.69) is 0 Å². The second-order valence-corrected chi connectivity index (χ2v) is 2.94. The maximum absolute atomic E-state index is 10.8. The Bertz CT molecular complexity index is 199. The quantitative estimate of drug-likeness (QED) is 0.349. The SMILES string of the molecule is CC(COC(=O)/C=C/C=O)N(C)C. The number of hydrogen-bond donors (Lipinski definition) is 0. The van der Waals surface area contributed by atoms with E-state index < -0.39 is 5.97 Å². The van der Waals surface area contributed by atoms with Gasteiger partial charge in [0.15, 0.2) is 0 Å². The first-order valence-electron chi connectivity index (χ1n) is 4.03. The Morgan fingerprint density at radius 3 is 2.62 bits per heavy atom. The molecule has 0 saturated heterocycles. The van der Waals surface area contributed by atoms with Gasteiger partial charge in [-0.1, -0.05) is 0 Å². The van der Waals surface area contributed by atoms with E-state index in [4.69, 9.17) is 4.74 Å². The molecule has 4 heteroatoms. The van der Waals surface area contributed by atoms with Gasteiger partial charge in [0, 0.05) is 12.1 Å². The Morgan fingerprint density at radius 1 is 1.54 bits per heavy atom. The lowest BCUT2D eigenvalue weighted by molar-refractivity contribution is -0.139. The summed E-state index contributed by atoms with van der Waals surface area (Å²) < 4.78 is 4.84. The van der Waals surface area contributed by atoms with Crippen molar-refractivity contribution in [3.63, 3.8) is 0 Å². The smallest absolute Gasteiger partial charge is 0.330 e. The van der Waals surface area contributed by atoms with Crippen molar-refractivity contribution in [1.29, 1.82) is 0 Å². The van der Waals surface area contributed by atoms with Crippen LogP contribution < -0.4 is 0 Å². The summed E-state index contributed by atoms with van der Waals surface area (Å²) in [5, 5.41) is 0. The zero-order valence-corrected chi connectivity index (χ0v) is 8.19. The van der Waals surface area contributed by atoms with Crippen LogP contribution in [0.3, 0.4) is 0 Å². The Morgan fingerprint density at radius 2 is 2.15 bits per heavy atom. The van der Waals surface area contributed by atoms with Crippen molar-refractivity contribution in [2.45, 2.75) is 13.0 Å². The summed E-state index contributed by atoms with van der Waals surface area (Å²) in [5.41, 5.74) is 0. The van der Waals surface area contributed by atoms with Gasteiger partial charge in [-0.3, -0.25) is 4.79 Å². The molecule has 0 N–H and O–H groups in total. The summed E-state index contributed by atoms with van der Waals surface area (Å²) in [6.07, 6.45) is 2.76. The van der Waals surface area contributed by atoms with E-state index in [9.17, 15) is 9.59 Å². The van der Waals surface area contributed by atoms with Crippen LogP contribution in [-0.2, 0) is 14.3 Å². The molecule has 0 spiro atoms. The van der Waals surface area contributed by atoms with Crippen LogP contribution in [0.25, 0.3) is 0 Å². The van der Waals surface area contributed by atoms with Crippen LogP contribution in [0.1, 0.15) is 6.92 Å². The number of likely N-dealkylation sites (N-methyl/N-ethyl adjacent to an activating group) is 1. The highest BCUT2D eigenvalue weighted by Crippen LogP contribution is 1.93. The van der Waals surface area contributed by atoms with E-state index in [0.29, 0.717) is 12.9 Å². The summed E-state index contributed by atoms with van der Waals surface area (Å²) in [6, 6.07) is 0.175. The highest BCUT2D eigenvalue weighted by atomic mass is 16.5. The fourth-order valence-electron chi connectivity index (χ4n) is 0.518. The third-order valence-electron chi connectivity index (χ3n) is 1.66. The number of aldehydes is 1. The van der Waals surface area contributed by atoms with Crippen LogP contribution in [0.4, 0.5) is 0 Å². The van der Waals surface area contributed by atoms with Crippen LogP contribution in [0.2, 0.25) is 0 Å². The lowest BCUT2D eigenvalue weighted by Crippen LogP contribution is -2.30. The van der Waals surface area contributed by atoms with Crippen molar-refractivity contribution in [2.24, 2.45) is 0 Å². The number of carbonyl (C=O) groups excluding carboxylic acids is 2. The number of hydrogen-bond acceptors (Lipinski definition) is 4. The molecule has 0 amide bonds. The summed E-state index contributed by atoms with van der Waals surface area (Å²) in [7, 11) is 3.81. The molecule has 74 valence electrons. The molecule has 0 aromatic carbocycles. The minimum absolute atomic E-state index is 0.175. The molecule has 0 saturated carbocycles. The molecule has 0 aromatic rings. The Hall–Kier alpha value is -1.16. The Labute approximate surface area is 78.2 Å². The number of esters is 1. The van der Waals surface area contributed by atoms with Gasteiger partial charge >= 0.3 is 5.97 Å². The molecule has 0 heterocycles. The summed E-state index contributed by atoms with van der Waals surface area (Å²) in [5.74, 6) is -0.485. The highest BCUT2D eigenvalue weighted by Gasteiger charge is 2.06. The minimum Gasteiger partial charge on any atom is -0.461 e. The van der Waals surface area contributed by atoms with Crippen LogP contribution in [0, 0.1) is 0 Å². The molecule has 0 aliphatic carbocycles. The summed E-state index contributed by atoms with van der Waals surface area (Å²) in [6.45, 7) is 2.27. The molecule has 0 bridgehead atoms. The first-order chi connectivity index (χ1) is 6.07. The maximum Gasteiger partial charge on any atom is 0.330 e. The minimum atomic E-state index is -0.485. The second-order valence-electron chi connectivity index (χ2n) is 2.94. The number of carbonyl (C=O) groups is 2. The molecule has 0 rings (SSSR count). The molecule has 13 heavy (non-hydrogen) atoms. The second kappa shape index (κ2) is 6.37. The van der Waals surface area contributed by atoms with E-state index in [-0.39, 0.29) is 6.04 Å². The van der Waals surface area contributed by atoms with Gasteiger partial charge in [-0.15, -0.1) is 0 Å². The van der Waals surface area contributed by atoms with E-state index in [1.807, 2.05) is 25.9 Å². The predicted octanol–water partition coefficient (Wildman–Crippen LogP) is 0.235. The largest absolute Gasteiger partial charge is 0.461 e. The van der Waals surface area contributed by atoms with Gasteiger partial charge in [0.2, 0.25) is 0 Å². The van der Waals surface area contributed by atoms with E-state index >= 15 is 0 Å². The molecular weight excluding hydrogens is 170 g/mol. The van der Waals surface area contributed by atoms with Gasteiger partial charge in [0.05, 0.1) is 0 Å². The van der Waals surface area contributed by atoms with Crippen molar-refractivity contribution in [3.8, 4) is 0 Å². The molecule has 1 atom stereocenters. The molecule has 1 unspecified atom stereocenters. The summed E-state index contributed by atoms with van der Waals surface area (Å²) in [4.78, 5) is 22.6. The zero-order chi connectivity index (χ0) is 10.3. The van der Waals surface area contributed by atoms with E-state index in [1.165, 1.54) is 0 Å². The average molecular weight is 185 g/mol. The Balaban J connectivity index is 3.70. The van der Waals surface area contributed by atoms with Crippen molar-refractivity contribution in [1.82, 2.24) is 4.90 Å². The molecular formula is C9H15NO3. The van der Waals surface area contributed by atoms with Gasteiger partial charge < -0.3 is 9.64 Å². The molecule has 4 nitrogen and oxygen atoms in total. The standard InChI is InChI=1S/C9H15NO3/c1-8(10(2)3)7-13-9(12)5-4-6-11/h4-6,8H,7H2,1-3H3/b5-4+. The van der Waals surface area contributed by atoms with Gasteiger partial charge in [-0.2, -0.15) is 0 Å². The number of nitrogens with zero attached hydrogens (tertiary/aromatic N) is 1. The molecule has 0 aromatic heterocycles. The first kappa shape index (κ1) is 11.8. The molecule has 0 fully saturated rings.